The maximum Gasteiger partial charge on any atom is 0.191 e. The number of rotatable bonds is 7. The van der Waals surface area contributed by atoms with Gasteiger partial charge in [-0.3, -0.25) is 4.99 Å². The smallest absolute Gasteiger partial charge is 0.191 e. The predicted octanol–water partition coefficient (Wildman–Crippen LogP) is 3.14. The Morgan fingerprint density at radius 3 is 3.05 bits per heavy atom. The molecule has 0 saturated carbocycles. The van der Waals surface area contributed by atoms with Crippen LogP contribution in [0, 0.1) is 0 Å². The molecule has 0 fully saturated rings. The van der Waals surface area contributed by atoms with Gasteiger partial charge in [-0.2, -0.15) is 11.3 Å². The van der Waals surface area contributed by atoms with Gasteiger partial charge in [-0.05, 0) is 42.2 Å². The molecule has 1 aromatic heterocycles. The molecule has 0 saturated heterocycles. The first-order valence-electron chi connectivity index (χ1n) is 8.09. The molecule has 1 aromatic rings. The van der Waals surface area contributed by atoms with Gasteiger partial charge in [-0.15, -0.1) is 0 Å². The summed E-state index contributed by atoms with van der Waals surface area (Å²) in [5.41, 5.74) is 2.86. The maximum absolute atomic E-state index is 5.33. The van der Waals surface area contributed by atoms with Crippen LogP contribution < -0.4 is 10.6 Å². The summed E-state index contributed by atoms with van der Waals surface area (Å²) in [4.78, 5) is 4.71. The van der Waals surface area contributed by atoms with Gasteiger partial charge in [-0.25, -0.2) is 0 Å². The van der Waals surface area contributed by atoms with Crippen molar-refractivity contribution in [3.05, 3.63) is 34.0 Å². The Balaban J connectivity index is 1.78. The Labute approximate surface area is 137 Å². The highest BCUT2D eigenvalue weighted by molar-refractivity contribution is 7.07. The minimum absolute atomic E-state index is 0.458. The van der Waals surface area contributed by atoms with Crippen LogP contribution in [0.2, 0.25) is 0 Å². The highest BCUT2D eigenvalue weighted by Gasteiger charge is 2.07. The molecule has 0 radical (unpaired) electrons. The molecule has 22 heavy (non-hydrogen) atoms. The lowest BCUT2D eigenvalue weighted by molar-refractivity contribution is 0.153. The number of hydrogen-bond donors (Lipinski definition) is 2. The van der Waals surface area contributed by atoms with E-state index in [0.717, 1.165) is 51.6 Å². The molecule has 0 bridgehead atoms. The van der Waals surface area contributed by atoms with Crippen LogP contribution in [0.4, 0.5) is 0 Å². The first-order valence-corrected chi connectivity index (χ1v) is 9.03. The standard InChI is InChI=1S/C17H27N3OS/c1-3-18-17(19-8-4-15-5-9-21-10-6-15)20-12-14(2)16-7-11-22-13-16/h5,7,11,13-14H,3-4,6,8-10,12H2,1-2H3,(H2,18,19,20). The number of nitrogens with zero attached hydrogens (tertiary/aromatic N) is 1. The summed E-state index contributed by atoms with van der Waals surface area (Å²) in [6.45, 7) is 8.56. The van der Waals surface area contributed by atoms with E-state index >= 15 is 0 Å². The Kier molecular flexibility index (Phi) is 7.46. The van der Waals surface area contributed by atoms with Gasteiger partial charge in [0.1, 0.15) is 0 Å². The zero-order valence-corrected chi connectivity index (χ0v) is 14.4. The lowest BCUT2D eigenvalue weighted by atomic mass is 10.1. The molecule has 0 spiro atoms. The minimum atomic E-state index is 0.458. The largest absolute Gasteiger partial charge is 0.377 e. The number of nitrogens with one attached hydrogen (secondary N) is 2. The van der Waals surface area contributed by atoms with Gasteiger partial charge < -0.3 is 15.4 Å². The third-order valence-electron chi connectivity index (χ3n) is 3.78. The number of hydrogen-bond acceptors (Lipinski definition) is 3. The van der Waals surface area contributed by atoms with Gasteiger partial charge in [0.2, 0.25) is 0 Å². The Morgan fingerprint density at radius 1 is 1.45 bits per heavy atom. The fourth-order valence-electron chi connectivity index (χ4n) is 2.36. The fraction of sp³-hybridized carbons (Fsp3) is 0.588. The first kappa shape index (κ1) is 17.0. The molecule has 0 aliphatic carbocycles. The molecule has 2 N–H and O–H groups in total. The number of thiophene rings is 1. The quantitative estimate of drug-likeness (QED) is 0.461. The van der Waals surface area contributed by atoms with Crippen LogP contribution in [0.25, 0.3) is 0 Å². The van der Waals surface area contributed by atoms with Gasteiger partial charge >= 0.3 is 0 Å². The van der Waals surface area contributed by atoms with Gasteiger partial charge in [0, 0.05) is 25.6 Å². The molecule has 1 aliphatic heterocycles. The van der Waals surface area contributed by atoms with E-state index in [4.69, 9.17) is 9.73 Å². The zero-order chi connectivity index (χ0) is 15.6. The molecule has 122 valence electrons. The van der Waals surface area contributed by atoms with Crippen molar-refractivity contribution in [2.75, 3.05) is 32.8 Å². The maximum atomic E-state index is 5.33. The van der Waals surface area contributed by atoms with Crippen molar-refractivity contribution in [2.24, 2.45) is 4.99 Å². The van der Waals surface area contributed by atoms with E-state index in [2.05, 4.69) is 47.4 Å². The fourth-order valence-corrected chi connectivity index (χ4v) is 3.15. The van der Waals surface area contributed by atoms with E-state index in [1.165, 1.54) is 11.1 Å². The summed E-state index contributed by atoms with van der Waals surface area (Å²) in [5, 5.41) is 11.1. The van der Waals surface area contributed by atoms with Crippen molar-refractivity contribution in [3.8, 4) is 0 Å². The van der Waals surface area contributed by atoms with Crippen molar-refractivity contribution < 1.29 is 4.74 Å². The van der Waals surface area contributed by atoms with Crippen LogP contribution in [0.15, 0.2) is 33.5 Å². The lowest BCUT2D eigenvalue weighted by Gasteiger charge is -2.16. The van der Waals surface area contributed by atoms with Crippen LogP contribution in [0.1, 0.15) is 38.2 Å². The van der Waals surface area contributed by atoms with Crippen molar-refractivity contribution in [3.63, 3.8) is 0 Å². The van der Waals surface area contributed by atoms with Crippen LogP contribution in [0.5, 0.6) is 0 Å². The predicted molar refractivity (Wildman–Crippen MR) is 94.9 cm³/mol. The SMILES string of the molecule is CCNC(=NCC(C)c1ccsc1)NCCC1=CCOCC1. The summed E-state index contributed by atoms with van der Waals surface area (Å²) in [6, 6.07) is 2.18. The minimum Gasteiger partial charge on any atom is -0.377 e. The second-order valence-electron chi connectivity index (χ2n) is 5.54. The normalized spacial score (nSPS) is 17.0. The summed E-state index contributed by atoms with van der Waals surface area (Å²) in [6.07, 6.45) is 4.33. The number of ether oxygens (including phenoxy) is 1. The van der Waals surface area contributed by atoms with Crippen molar-refractivity contribution in [1.29, 1.82) is 0 Å². The average Bonchev–Trinajstić information content (AvgIpc) is 3.08. The summed E-state index contributed by atoms with van der Waals surface area (Å²) in [7, 11) is 0. The number of guanidine groups is 1. The molecular formula is C17H27N3OS. The molecule has 5 heteroatoms. The highest BCUT2D eigenvalue weighted by atomic mass is 32.1. The van der Waals surface area contributed by atoms with E-state index in [-0.39, 0.29) is 0 Å². The molecular weight excluding hydrogens is 294 g/mol. The van der Waals surface area contributed by atoms with Gasteiger partial charge in [0.25, 0.3) is 0 Å². The highest BCUT2D eigenvalue weighted by Crippen LogP contribution is 2.18. The van der Waals surface area contributed by atoms with Crippen molar-refractivity contribution in [2.45, 2.75) is 32.6 Å². The third kappa shape index (κ3) is 5.81. The molecule has 1 unspecified atom stereocenters. The van der Waals surface area contributed by atoms with E-state index in [1.807, 2.05) is 0 Å². The van der Waals surface area contributed by atoms with Crippen LogP contribution >= 0.6 is 11.3 Å². The van der Waals surface area contributed by atoms with Crippen molar-refractivity contribution in [1.82, 2.24) is 10.6 Å². The second-order valence-corrected chi connectivity index (χ2v) is 6.32. The topological polar surface area (TPSA) is 45.7 Å². The molecule has 0 aromatic carbocycles. The van der Waals surface area contributed by atoms with E-state index in [0.29, 0.717) is 5.92 Å². The van der Waals surface area contributed by atoms with Crippen molar-refractivity contribution >= 4 is 17.3 Å². The summed E-state index contributed by atoms with van der Waals surface area (Å²) < 4.78 is 5.33. The summed E-state index contributed by atoms with van der Waals surface area (Å²) >= 11 is 1.75. The Hall–Kier alpha value is -1.33. The second kappa shape index (κ2) is 9.64. The van der Waals surface area contributed by atoms with Crippen LogP contribution in [0.3, 0.4) is 0 Å². The third-order valence-corrected chi connectivity index (χ3v) is 4.48. The Bertz CT molecular complexity index is 482. The molecule has 2 rings (SSSR count). The van der Waals surface area contributed by atoms with Gasteiger partial charge in [0.05, 0.1) is 13.2 Å². The monoisotopic (exact) mass is 321 g/mol. The molecule has 2 heterocycles. The van der Waals surface area contributed by atoms with E-state index in [9.17, 15) is 0 Å². The zero-order valence-electron chi connectivity index (χ0n) is 13.6. The van der Waals surface area contributed by atoms with E-state index < -0.39 is 0 Å². The Morgan fingerprint density at radius 2 is 2.36 bits per heavy atom. The van der Waals surface area contributed by atoms with Crippen LogP contribution in [-0.4, -0.2) is 38.8 Å². The van der Waals surface area contributed by atoms with Gasteiger partial charge in [0.15, 0.2) is 5.96 Å². The summed E-state index contributed by atoms with van der Waals surface area (Å²) in [5.74, 6) is 1.37. The number of aliphatic imine (C=N–C) groups is 1. The van der Waals surface area contributed by atoms with Gasteiger partial charge in [-0.1, -0.05) is 18.6 Å². The van der Waals surface area contributed by atoms with Crippen LogP contribution in [-0.2, 0) is 4.74 Å². The molecule has 1 atom stereocenters. The average molecular weight is 321 g/mol. The van der Waals surface area contributed by atoms with E-state index in [1.54, 1.807) is 11.3 Å². The molecule has 0 amide bonds. The first-order chi connectivity index (χ1) is 10.8. The molecule has 1 aliphatic rings. The lowest BCUT2D eigenvalue weighted by Crippen LogP contribution is -2.38. The molecule has 4 nitrogen and oxygen atoms in total.